The quantitative estimate of drug-likeness (QED) is 0.668. The fourth-order valence-electron chi connectivity index (χ4n) is 4.73. The summed E-state index contributed by atoms with van der Waals surface area (Å²) in [5.74, 6) is -2.55. The Morgan fingerprint density at radius 2 is 1.94 bits per heavy atom. The molecule has 0 saturated heterocycles. The van der Waals surface area contributed by atoms with E-state index in [1.807, 2.05) is 0 Å². The van der Waals surface area contributed by atoms with Crippen LogP contribution in [0, 0.1) is 17.0 Å². The summed E-state index contributed by atoms with van der Waals surface area (Å²) in [7, 11) is 1.32. The van der Waals surface area contributed by atoms with Crippen LogP contribution in [0.4, 0.5) is 14.5 Å². The minimum Gasteiger partial charge on any atom is -0.469 e. The molecular weight excluding hydrogens is 406 g/mol. The average molecular weight is 434 g/mol. The van der Waals surface area contributed by atoms with E-state index in [-0.39, 0.29) is 41.0 Å². The largest absolute Gasteiger partial charge is 0.469 e. The lowest BCUT2D eigenvalue weighted by molar-refractivity contribution is -0.142. The second-order valence-electron chi connectivity index (χ2n) is 9.68. The van der Waals surface area contributed by atoms with Gasteiger partial charge in [-0.15, -0.1) is 0 Å². The number of esters is 1. The normalized spacial score (nSPS) is 21.5. The van der Waals surface area contributed by atoms with E-state index in [0.717, 1.165) is 30.6 Å². The second-order valence-corrected chi connectivity index (χ2v) is 9.68. The highest BCUT2D eigenvalue weighted by Gasteiger charge is 2.51. The minimum atomic E-state index is -1.26. The molecule has 2 saturated carbocycles. The van der Waals surface area contributed by atoms with E-state index >= 15 is 8.78 Å². The van der Waals surface area contributed by atoms with Crippen molar-refractivity contribution in [3.8, 4) is 0 Å². The number of methoxy groups -OCH3 is 1. The van der Waals surface area contributed by atoms with Gasteiger partial charge in [0.05, 0.1) is 24.6 Å². The fraction of sp³-hybridized carbons (Fsp3) is 0.609. The van der Waals surface area contributed by atoms with Crippen molar-refractivity contribution >= 4 is 23.5 Å². The Balaban J connectivity index is 1.55. The molecule has 0 bridgehead atoms. The Morgan fingerprint density at radius 1 is 1.29 bits per heavy atom. The molecule has 3 aliphatic rings. The van der Waals surface area contributed by atoms with Gasteiger partial charge in [-0.05, 0) is 64.0 Å². The van der Waals surface area contributed by atoms with Crippen molar-refractivity contribution in [3.05, 3.63) is 28.8 Å². The van der Waals surface area contributed by atoms with Gasteiger partial charge in [0.1, 0.15) is 18.2 Å². The third kappa shape index (κ3) is 3.59. The van der Waals surface area contributed by atoms with Crippen LogP contribution in [0.3, 0.4) is 0 Å². The second kappa shape index (κ2) is 7.28. The molecular formula is C23H28F2N2O4. The van der Waals surface area contributed by atoms with Crippen molar-refractivity contribution in [2.45, 2.75) is 70.3 Å². The van der Waals surface area contributed by atoms with Gasteiger partial charge in [-0.2, -0.15) is 0 Å². The monoisotopic (exact) mass is 434 g/mol. The smallest absolute Gasteiger partial charge is 0.306 e. The van der Waals surface area contributed by atoms with Crippen LogP contribution in [0.2, 0.25) is 0 Å². The SMILES string of the molecule is COC(=O)CC1(C(C)NC(=O)CN2C(=O)C(C)(C)c3c(F)c(C4CC4)cc(F)c32)CC1. The van der Waals surface area contributed by atoms with Crippen molar-refractivity contribution in [2.24, 2.45) is 5.41 Å². The highest BCUT2D eigenvalue weighted by Crippen LogP contribution is 2.52. The van der Waals surface area contributed by atoms with Gasteiger partial charge in [0, 0.05) is 17.0 Å². The van der Waals surface area contributed by atoms with Gasteiger partial charge < -0.3 is 10.1 Å². The van der Waals surface area contributed by atoms with Crippen molar-refractivity contribution in [2.75, 3.05) is 18.6 Å². The van der Waals surface area contributed by atoms with Gasteiger partial charge >= 0.3 is 5.97 Å². The molecule has 4 rings (SSSR count). The summed E-state index contributed by atoms with van der Waals surface area (Å²) >= 11 is 0. The third-order valence-corrected chi connectivity index (χ3v) is 7.12. The number of anilines is 1. The summed E-state index contributed by atoms with van der Waals surface area (Å²) in [5, 5.41) is 2.83. The van der Waals surface area contributed by atoms with Crippen molar-refractivity contribution in [1.82, 2.24) is 5.32 Å². The number of carbonyl (C=O) groups excluding carboxylic acids is 3. The number of nitrogens with one attached hydrogen (secondary N) is 1. The van der Waals surface area contributed by atoms with Crippen LogP contribution in [0.1, 0.15) is 69.9 Å². The molecule has 1 heterocycles. The van der Waals surface area contributed by atoms with Gasteiger partial charge in [0.2, 0.25) is 11.8 Å². The molecule has 0 radical (unpaired) electrons. The van der Waals surface area contributed by atoms with Crippen molar-refractivity contribution in [1.29, 1.82) is 0 Å². The Kier molecular flexibility index (Phi) is 5.10. The van der Waals surface area contributed by atoms with E-state index in [1.54, 1.807) is 20.8 Å². The van der Waals surface area contributed by atoms with Crippen LogP contribution in [-0.4, -0.2) is 37.5 Å². The fourth-order valence-corrected chi connectivity index (χ4v) is 4.73. The lowest BCUT2D eigenvalue weighted by Gasteiger charge is -2.25. The summed E-state index contributed by atoms with van der Waals surface area (Å²) in [5.41, 5.74) is -1.42. The van der Waals surface area contributed by atoms with Gasteiger partial charge in [0.25, 0.3) is 0 Å². The number of halogens is 2. The molecule has 2 amide bonds. The molecule has 1 aromatic rings. The minimum absolute atomic E-state index is 0.00607. The van der Waals surface area contributed by atoms with E-state index in [0.29, 0.717) is 5.56 Å². The lowest BCUT2D eigenvalue weighted by Crippen LogP contribution is -2.47. The third-order valence-electron chi connectivity index (χ3n) is 7.12. The number of ether oxygens (including phenoxy) is 1. The highest BCUT2D eigenvalue weighted by atomic mass is 19.1. The van der Waals surface area contributed by atoms with Crippen molar-refractivity contribution < 1.29 is 27.9 Å². The van der Waals surface area contributed by atoms with Gasteiger partial charge in [0.15, 0.2) is 0 Å². The first-order chi connectivity index (χ1) is 14.5. The number of amides is 2. The summed E-state index contributed by atoms with van der Waals surface area (Å²) in [6.45, 7) is 4.51. The van der Waals surface area contributed by atoms with Crippen LogP contribution in [-0.2, 0) is 24.5 Å². The first kappa shape index (κ1) is 21.7. The topological polar surface area (TPSA) is 75.7 Å². The number of hydrogen-bond donors (Lipinski definition) is 1. The molecule has 1 N–H and O–H groups in total. The van der Waals surface area contributed by atoms with Gasteiger partial charge in [-0.1, -0.05) is 0 Å². The standard InChI is InChI=1S/C23H28F2N2O4/c1-12(23(7-8-23)10-17(29)31-4)26-16(28)11-27-20-15(24)9-14(13-5-6-13)19(25)18(20)22(2,3)21(27)30/h9,12-13H,5-8,10-11H2,1-4H3,(H,26,28). The molecule has 6 nitrogen and oxygen atoms in total. The molecule has 2 fully saturated rings. The van der Waals surface area contributed by atoms with Crippen molar-refractivity contribution in [3.63, 3.8) is 0 Å². The first-order valence-corrected chi connectivity index (χ1v) is 10.7. The summed E-state index contributed by atoms with van der Waals surface area (Å²) in [4.78, 5) is 38.5. The van der Waals surface area contributed by atoms with Crippen LogP contribution in [0.25, 0.3) is 0 Å². The molecule has 1 aliphatic heterocycles. The van der Waals surface area contributed by atoms with Crippen LogP contribution in [0.15, 0.2) is 6.07 Å². The maximum Gasteiger partial charge on any atom is 0.306 e. The molecule has 1 aromatic carbocycles. The van der Waals surface area contributed by atoms with Crippen LogP contribution < -0.4 is 10.2 Å². The maximum atomic E-state index is 15.3. The Bertz CT molecular complexity index is 967. The molecule has 0 aromatic heterocycles. The predicted molar refractivity (Wildman–Crippen MR) is 110 cm³/mol. The van der Waals surface area contributed by atoms with E-state index in [1.165, 1.54) is 13.2 Å². The lowest BCUT2D eigenvalue weighted by atomic mass is 9.84. The molecule has 2 aliphatic carbocycles. The summed E-state index contributed by atoms with van der Waals surface area (Å²) in [6, 6.07) is 0.854. The molecule has 8 heteroatoms. The Labute approximate surface area is 180 Å². The summed E-state index contributed by atoms with van der Waals surface area (Å²) < 4.78 is 35.0. The van der Waals surface area contributed by atoms with E-state index in [4.69, 9.17) is 4.74 Å². The van der Waals surface area contributed by atoms with Crippen LogP contribution in [0.5, 0.6) is 0 Å². The zero-order chi connectivity index (χ0) is 22.7. The highest BCUT2D eigenvalue weighted by molar-refractivity contribution is 6.10. The average Bonchev–Trinajstić information content (AvgIpc) is 3.61. The van der Waals surface area contributed by atoms with Crippen LogP contribution >= 0.6 is 0 Å². The number of nitrogens with zero attached hydrogens (tertiary/aromatic N) is 1. The Morgan fingerprint density at radius 3 is 2.48 bits per heavy atom. The summed E-state index contributed by atoms with van der Waals surface area (Å²) in [6.07, 6.45) is 3.38. The van der Waals surface area contributed by atoms with E-state index < -0.39 is 35.4 Å². The van der Waals surface area contributed by atoms with E-state index in [9.17, 15) is 14.4 Å². The first-order valence-electron chi connectivity index (χ1n) is 10.7. The molecule has 168 valence electrons. The number of fused-ring (bicyclic) bond motifs is 1. The predicted octanol–water partition coefficient (Wildman–Crippen LogP) is 3.31. The molecule has 31 heavy (non-hydrogen) atoms. The number of hydrogen-bond acceptors (Lipinski definition) is 4. The molecule has 1 unspecified atom stereocenters. The zero-order valence-electron chi connectivity index (χ0n) is 18.3. The number of benzene rings is 1. The van der Waals surface area contributed by atoms with E-state index in [2.05, 4.69) is 5.32 Å². The molecule has 0 spiro atoms. The maximum absolute atomic E-state index is 15.3. The zero-order valence-corrected chi connectivity index (χ0v) is 18.3. The molecule has 1 atom stereocenters. The van der Waals surface area contributed by atoms with Gasteiger partial charge in [-0.3, -0.25) is 19.3 Å². The number of carbonyl (C=O) groups is 3. The number of rotatable bonds is 7. The van der Waals surface area contributed by atoms with Gasteiger partial charge in [-0.25, -0.2) is 8.78 Å². The Hall–Kier alpha value is -2.51.